The molecule has 3 aromatic rings. The number of hydrogen-bond donors (Lipinski definition) is 1. The van der Waals surface area contributed by atoms with E-state index >= 15 is 0 Å². The lowest BCUT2D eigenvalue weighted by Gasteiger charge is -2.13. The van der Waals surface area contributed by atoms with Crippen molar-refractivity contribution in [2.24, 2.45) is 5.73 Å². The average Bonchev–Trinajstić information content (AvgIpc) is 2.87. The van der Waals surface area contributed by atoms with Gasteiger partial charge in [0, 0.05) is 22.5 Å². The van der Waals surface area contributed by atoms with Gasteiger partial charge in [-0.1, -0.05) is 30.3 Å². The smallest absolute Gasteiger partial charge is 0.251 e. The molecule has 2 N–H and O–H groups in total. The predicted molar refractivity (Wildman–Crippen MR) is 99.9 cm³/mol. The summed E-state index contributed by atoms with van der Waals surface area (Å²) in [4.78, 5) is 12.1. The largest absolute Gasteiger partial charge is 0.496 e. The molecule has 0 spiro atoms. The summed E-state index contributed by atoms with van der Waals surface area (Å²) in [5, 5.41) is 0. The Hall–Kier alpha value is -3.08. The van der Waals surface area contributed by atoms with Crippen LogP contribution in [0.3, 0.4) is 0 Å². The van der Waals surface area contributed by atoms with E-state index in [0.29, 0.717) is 23.2 Å². The van der Waals surface area contributed by atoms with E-state index in [1.54, 1.807) is 19.2 Å². The summed E-state index contributed by atoms with van der Waals surface area (Å²) in [7, 11) is 1.63. The summed E-state index contributed by atoms with van der Waals surface area (Å²) in [6.07, 6.45) is 0. The number of para-hydroxylation sites is 1. The fourth-order valence-corrected chi connectivity index (χ4v) is 3.42. The number of carbonyl (C=O) groups is 1. The molecule has 0 saturated heterocycles. The minimum absolute atomic E-state index is 0.354. The molecule has 1 heterocycles. The van der Waals surface area contributed by atoms with Crippen molar-refractivity contribution in [1.29, 1.82) is 0 Å². The third kappa shape index (κ3) is 3.08. The van der Waals surface area contributed by atoms with Gasteiger partial charge in [0.05, 0.1) is 19.2 Å². The summed E-state index contributed by atoms with van der Waals surface area (Å²) in [5.41, 5.74) is 9.97. The van der Waals surface area contributed by atoms with Crippen molar-refractivity contribution in [3.05, 3.63) is 76.9 Å². The van der Waals surface area contributed by atoms with Gasteiger partial charge in [0.15, 0.2) is 0 Å². The monoisotopic (exact) mass is 352 g/mol. The van der Waals surface area contributed by atoms with Gasteiger partial charge in [0.25, 0.3) is 5.91 Å². The molecule has 1 amide bonds. The van der Waals surface area contributed by atoms with Crippen molar-refractivity contribution in [2.75, 3.05) is 7.11 Å². The number of nitrogens with two attached hydrogens (primary N) is 1. The lowest BCUT2D eigenvalue weighted by Crippen LogP contribution is -2.13. The fourth-order valence-electron chi connectivity index (χ4n) is 3.42. The minimum atomic E-state index is -0.524. The molecule has 0 bridgehead atoms. The molecule has 2 aromatic carbocycles. The molecular weight excluding hydrogens is 331 g/mol. The third-order valence-corrected chi connectivity index (χ3v) is 4.66. The summed E-state index contributed by atoms with van der Waals surface area (Å²) < 4.78 is 21.2. The van der Waals surface area contributed by atoms with Crippen molar-refractivity contribution in [3.8, 4) is 16.9 Å². The topological polar surface area (TPSA) is 57.2 Å². The van der Waals surface area contributed by atoms with Gasteiger partial charge in [0.1, 0.15) is 11.6 Å². The van der Waals surface area contributed by atoms with E-state index in [0.717, 1.165) is 22.7 Å². The van der Waals surface area contributed by atoms with Crippen LogP contribution >= 0.6 is 0 Å². The molecule has 3 rings (SSSR count). The second kappa shape index (κ2) is 7.04. The van der Waals surface area contributed by atoms with E-state index in [9.17, 15) is 9.18 Å². The molecule has 1 aromatic heterocycles. The van der Waals surface area contributed by atoms with E-state index < -0.39 is 5.91 Å². The van der Waals surface area contributed by atoms with Crippen LogP contribution in [-0.4, -0.2) is 17.6 Å². The molecule has 0 saturated carbocycles. The Bertz CT molecular complexity index is 976. The number of ether oxygens (including phenoxy) is 1. The highest BCUT2D eigenvalue weighted by Crippen LogP contribution is 2.33. The number of benzene rings is 2. The van der Waals surface area contributed by atoms with Gasteiger partial charge in [-0.2, -0.15) is 0 Å². The molecular formula is C21H21FN2O2. The van der Waals surface area contributed by atoms with Crippen molar-refractivity contribution < 1.29 is 13.9 Å². The van der Waals surface area contributed by atoms with Crippen molar-refractivity contribution in [3.63, 3.8) is 0 Å². The fraction of sp³-hybridized carbons (Fsp3) is 0.190. The maximum atomic E-state index is 13.7. The van der Waals surface area contributed by atoms with Crippen LogP contribution in [0, 0.1) is 19.7 Å². The summed E-state index contributed by atoms with van der Waals surface area (Å²) in [6.45, 7) is 4.29. The van der Waals surface area contributed by atoms with E-state index in [1.807, 2.05) is 42.7 Å². The van der Waals surface area contributed by atoms with Gasteiger partial charge in [-0.25, -0.2) is 4.39 Å². The van der Waals surface area contributed by atoms with Crippen LogP contribution in [-0.2, 0) is 6.54 Å². The van der Waals surface area contributed by atoms with Crippen molar-refractivity contribution >= 4 is 5.91 Å². The Morgan fingerprint density at radius 3 is 2.50 bits per heavy atom. The summed E-state index contributed by atoms with van der Waals surface area (Å²) in [6, 6.07) is 13.9. The summed E-state index contributed by atoms with van der Waals surface area (Å²) >= 11 is 0. The Morgan fingerprint density at radius 1 is 1.12 bits per heavy atom. The van der Waals surface area contributed by atoms with Crippen LogP contribution in [0.15, 0.2) is 48.5 Å². The zero-order chi connectivity index (χ0) is 18.8. The molecule has 0 fully saturated rings. The molecule has 0 radical (unpaired) electrons. The van der Waals surface area contributed by atoms with E-state index in [-0.39, 0.29) is 5.82 Å². The number of methoxy groups -OCH3 is 1. The Morgan fingerprint density at radius 2 is 1.85 bits per heavy atom. The molecule has 26 heavy (non-hydrogen) atoms. The number of rotatable bonds is 5. The molecule has 5 heteroatoms. The van der Waals surface area contributed by atoms with E-state index in [1.165, 1.54) is 12.1 Å². The summed E-state index contributed by atoms with van der Waals surface area (Å²) in [5.74, 6) is -0.107. The second-order valence-electron chi connectivity index (χ2n) is 6.19. The quantitative estimate of drug-likeness (QED) is 0.753. The van der Waals surface area contributed by atoms with Gasteiger partial charge in [0.2, 0.25) is 0 Å². The Balaban J connectivity index is 2.19. The number of carbonyl (C=O) groups excluding carboxylic acids is 1. The highest BCUT2D eigenvalue weighted by molar-refractivity contribution is 6.02. The number of nitrogens with zero attached hydrogens (tertiary/aromatic N) is 1. The van der Waals surface area contributed by atoms with Crippen LogP contribution in [0.4, 0.5) is 4.39 Å². The number of primary amides is 1. The first-order valence-electron chi connectivity index (χ1n) is 8.31. The van der Waals surface area contributed by atoms with Gasteiger partial charge < -0.3 is 15.0 Å². The first kappa shape index (κ1) is 17.7. The SMILES string of the molecule is COc1ccccc1Cn1c(C)c(C(N)=O)c(-c2cccc(F)c2)c1C. The van der Waals surface area contributed by atoms with Crippen molar-refractivity contribution in [1.82, 2.24) is 4.57 Å². The van der Waals surface area contributed by atoms with Crippen LogP contribution in [0.5, 0.6) is 5.75 Å². The molecule has 0 aliphatic carbocycles. The number of amides is 1. The third-order valence-electron chi connectivity index (χ3n) is 4.66. The van der Waals surface area contributed by atoms with E-state index in [2.05, 4.69) is 0 Å². The maximum absolute atomic E-state index is 13.7. The molecule has 0 aliphatic rings. The lowest BCUT2D eigenvalue weighted by atomic mass is 10.00. The molecule has 4 nitrogen and oxygen atoms in total. The Kier molecular flexibility index (Phi) is 4.80. The number of hydrogen-bond acceptors (Lipinski definition) is 2. The van der Waals surface area contributed by atoms with Gasteiger partial charge >= 0.3 is 0 Å². The molecule has 134 valence electrons. The van der Waals surface area contributed by atoms with Gasteiger partial charge in [-0.3, -0.25) is 4.79 Å². The van der Waals surface area contributed by atoms with E-state index in [4.69, 9.17) is 10.5 Å². The average molecular weight is 352 g/mol. The van der Waals surface area contributed by atoms with Crippen LogP contribution in [0.1, 0.15) is 27.3 Å². The van der Waals surface area contributed by atoms with Gasteiger partial charge in [-0.15, -0.1) is 0 Å². The van der Waals surface area contributed by atoms with Crippen LogP contribution < -0.4 is 10.5 Å². The highest BCUT2D eigenvalue weighted by atomic mass is 19.1. The standard InChI is InChI=1S/C21H21FN2O2/c1-13-19(15-8-6-9-17(22)11-15)20(21(23)25)14(2)24(13)12-16-7-4-5-10-18(16)26-3/h4-11H,12H2,1-3H3,(H2,23,25). The molecule has 0 atom stereocenters. The maximum Gasteiger partial charge on any atom is 0.251 e. The predicted octanol–water partition coefficient (Wildman–Crippen LogP) is 4.07. The molecule has 0 unspecified atom stereocenters. The van der Waals surface area contributed by atoms with Crippen LogP contribution in [0.25, 0.3) is 11.1 Å². The lowest BCUT2D eigenvalue weighted by molar-refractivity contribution is 0.1000. The normalized spacial score (nSPS) is 10.8. The van der Waals surface area contributed by atoms with Crippen molar-refractivity contribution in [2.45, 2.75) is 20.4 Å². The number of aromatic nitrogens is 1. The first-order chi connectivity index (χ1) is 12.4. The minimum Gasteiger partial charge on any atom is -0.496 e. The Labute approximate surface area is 152 Å². The van der Waals surface area contributed by atoms with Crippen LogP contribution in [0.2, 0.25) is 0 Å². The highest BCUT2D eigenvalue weighted by Gasteiger charge is 2.23. The zero-order valence-corrected chi connectivity index (χ0v) is 15.0. The molecule has 0 aliphatic heterocycles. The zero-order valence-electron chi connectivity index (χ0n) is 15.0. The first-order valence-corrected chi connectivity index (χ1v) is 8.31. The van der Waals surface area contributed by atoms with Gasteiger partial charge in [-0.05, 0) is 37.6 Å². The second-order valence-corrected chi connectivity index (χ2v) is 6.19. The number of halogens is 1.